The molecule has 4 rings (SSSR count). The van der Waals surface area contributed by atoms with Crippen molar-refractivity contribution in [1.29, 1.82) is 0 Å². The maximum Gasteiger partial charge on any atom is 0.407 e. The number of carboxylic acids is 1. The zero-order valence-corrected chi connectivity index (χ0v) is 19.2. The molecular weight excluding hydrogens is 436 g/mol. The molecule has 8 nitrogen and oxygen atoms in total. The molecule has 0 aromatic heterocycles. The number of fused-ring (bicyclic) bond motifs is 3. The number of benzene rings is 2. The van der Waals surface area contributed by atoms with E-state index in [1.165, 1.54) is 11.1 Å². The summed E-state index contributed by atoms with van der Waals surface area (Å²) in [5.41, 5.74) is 4.66. The van der Waals surface area contributed by atoms with E-state index in [-0.39, 0.29) is 43.2 Å². The first-order valence-corrected chi connectivity index (χ1v) is 11.7. The van der Waals surface area contributed by atoms with Gasteiger partial charge in [-0.3, -0.25) is 9.59 Å². The van der Waals surface area contributed by atoms with E-state index in [0.717, 1.165) is 11.1 Å². The minimum Gasteiger partial charge on any atom is -0.481 e. The maximum atomic E-state index is 12.3. The highest BCUT2D eigenvalue weighted by Crippen LogP contribution is 2.44. The largest absolute Gasteiger partial charge is 0.481 e. The quantitative estimate of drug-likeness (QED) is 0.469. The van der Waals surface area contributed by atoms with E-state index in [0.29, 0.717) is 19.6 Å². The highest BCUT2D eigenvalue weighted by molar-refractivity contribution is 5.82. The molecule has 1 unspecified atom stereocenters. The second-order valence-electron chi connectivity index (χ2n) is 8.73. The van der Waals surface area contributed by atoms with Gasteiger partial charge in [-0.25, -0.2) is 4.79 Å². The molecule has 2 amide bonds. The lowest BCUT2D eigenvalue weighted by atomic mass is 9.98. The van der Waals surface area contributed by atoms with Crippen molar-refractivity contribution < 1.29 is 29.0 Å². The van der Waals surface area contributed by atoms with Crippen molar-refractivity contribution >= 4 is 18.0 Å². The summed E-state index contributed by atoms with van der Waals surface area (Å²) in [6.45, 7) is 2.92. The number of hydrogen-bond acceptors (Lipinski definition) is 5. The first kappa shape index (κ1) is 23.8. The van der Waals surface area contributed by atoms with Crippen molar-refractivity contribution in [1.82, 2.24) is 10.6 Å². The lowest BCUT2D eigenvalue weighted by molar-refractivity contribution is -0.140. The van der Waals surface area contributed by atoms with Crippen LogP contribution in [0.15, 0.2) is 48.5 Å². The molecule has 0 radical (unpaired) electrons. The van der Waals surface area contributed by atoms with Crippen LogP contribution in [0.3, 0.4) is 0 Å². The monoisotopic (exact) mass is 466 g/mol. The van der Waals surface area contributed by atoms with Gasteiger partial charge in [-0.1, -0.05) is 48.5 Å². The summed E-state index contributed by atoms with van der Waals surface area (Å²) in [5, 5.41) is 14.5. The molecule has 2 aliphatic carbocycles. The predicted molar refractivity (Wildman–Crippen MR) is 125 cm³/mol. The summed E-state index contributed by atoms with van der Waals surface area (Å²) in [4.78, 5) is 35.5. The number of nitrogens with one attached hydrogen (secondary N) is 2. The van der Waals surface area contributed by atoms with Crippen LogP contribution in [0.2, 0.25) is 0 Å². The summed E-state index contributed by atoms with van der Waals surface area (Å²) in [6, 6.07) is 16.3. The summed E-state index contributed by atoms with van der Waals surface area (Å²) in [5.74, 6) is -1.26. The van der Waals surface area contributed by atoms with Gasteiger partial charge in [-0.15, -0.1) is 0 Å². The lowest BCUT2D eigenvalue weighted by Gasteiger charge is -2.16. The Morgan fingerprint density at radius 1 is 1.03 bits per heavy atom. The van der Waals surface area contributed by atoms with Gasteiger partial charge in [0, 0.05) is 31.5 Å². The van der Waals surface area contributed by atoms with E-state index in [2.05, 4.69) is 34.9 Å². The fraction of sp³-hybridized carbons (Fsp3) is 0.423. The maximum absolute atomic E-state index is 12.3. The van der Waals surface area contributed by atoms with Crippen LogP contribution in [-0.4, -0.2) is 55.5 Å². The van der Waals surface area contributed by atoms with Crippen LogP contribution < -0.4 is 10.6 Å². The molecule has 0 aliphatic heterocycles. The van der Waals surface area contributed by atoms with Gasteiger partial charge < -0.3 is 25.2 Å². The van der Waals surface area contributed by atoms with Crippen LogP contribution in [0.5, 0.6) is 0 Å². The van der Waals surface area contributed by atoms with Crippen LogP contribution in [0.25, 0.3) is 11.1 Å². The van der Waals surface area contributed by atoms with E-state index in [9.17, 15) is 14.4 Å². The van der Waals surface area contributed by atoms with Crippen LogP contribution >= 0.6 is 0 Å². The third-order valence-corrected chi connectivity index (χ3v) is 6.42. The SMILES string of the molecule is CCOC(CNC(=O)[C@@H]1C[C@@H]1CNC(=O)OCC1c2ccccc2-c2ccccc21)CC(=O)O. The topological polar surface area (TPSA) is 114 Å². The van der Waals surface area contributed by atoms with Crippen molar-refractivity contribution in [3.05, 3.63) is 59.7 Å². The first-order valence-electron chi connectivity index (χ1n) is 11.7. The number of carbonyl (C=O) groups is 3. The molecule has 0 heterocycles. The Hall–Kier alpha value is -3.39. The number of rotatable bonds is 11. The smallest absolute Gasteiger partial charge is 0.407 e. The zero-order chi connectivity index (χ0) is 24.1. The van der Waals surface area contributed by atoms with Gasteiger partial charge in [0.25, 0.3) is 0 Å². The Morgan fingerprint density at radius 2 is 1.68 bits per heavy atom. The number of hydrogen-bond donors (Lipinski definition) is 3. The van der Waals surface area contributed by atoms with Gasteiger partial charge in [0.1, 0.15) is 6.61 Å². The van der Waals surface area contributed by atoms with Crippen LogP contribution in [-0.2, 0) is 19.1 Å². The second-order valence-corrected chi connectivity index (χ2v) is 8.73. The molecule has 0 spiro atoms. The van der Waals surface area contributed by atoms with Gasteiger partial charge in [0.2, 0.25) is 5.91 Å². The molecule has 2 aromatic carbocycles. The van der Waals surface area contributed by atoms with E-state index < -0.39 is 18.2 Å². The summed E-state index contributed by atoms with van der Waals surface area (Å²) in [7, 11) is 0. The summed E-state index contributed by atoms with van der Waals surface area (Å²) >= 11 is 0. The molecule has 34 heavy (non-hydrogen) atoms. The van der Waals surface area contributed by atoms with Gasteiger partial charge in [-0.2, -0.15) is 0 Å². The molecule has 2 aromatic rings. The van der Waals surface area contributed by atoms with Gasteiger partial charge in [0.05, 0.1) is 12.5 Å². The number of amides is 2. The number of alkyl carbamates (subject to hydrolysis) is 1. The first-order chi connectivity index (χ1) is 16.5. The normalized spacial score (nSPS) is 19.0. The Labute approximate surface area is 198 Å². The summed E-state index contributed by atoms with van der Waals surface area (Å²) < 4.78 is 10.9. The van der Waals surface area contributed by atoms with Gasteiger partial charge >= 0.3 is 12.1 Å². The second kappa shape index (κ2) is 10.7. The molecular formula is C26H30N2O6. The molecule has 1 saturated carbocycles. The Balaban J connectivity index is 1.20. The van der Waals surface area contributed by atoms with Gasteiger partial charge in [0.15, 0.2) is 0 Å². The minimum atomic E-state index is -0.968. The molecule has 2 aliphatic rings. The number of ether oxygens (including phenoxy) is 2. The number of carboxylic acid groups (broad SMARTS) is 1. The molecule has 180 valence electrons. The number of carbonyl (C=O) groups excluding carboxylic acids is 2. The third-order valence-electron chi connectivity index (χ3n) is 6.42. The standard InChI is InChI=1S/C26H30N2O6/c1-2-33-17(12-24(29)30)14-27-25(31)22-11-16(22)13-28-26(32)34-15-23-20-9-5-3-7-18(20)19-8-4-6-10-21(19)23/h3-10,16-17,22-23H,2,11-15H2,1H3,(H,27,31)(H,28,32)(H,29,30)/t16-,17?,22-/m1/s1. The van der Waals surface area contributed by atoms with Crippen LogP contribution in [0.1, 0.15) is 36.8 Å². The highest BCUT2D eigenvalue weighted by Gasteiger charge is 2.43. The van der Waals surface area contributed by atoms with E-state index in [1.54, 1.807) is 6.92 Å². The van der Waals surface area contributed by atoms with Gasteiger partial charge in [-0.05, 0) is 41.5 Å². The average Bonchev–Trinajstić information content (AvgIpc) is 3.54. The van der Waals surface area contributed by atoms with Crippen LogP contribution in [0, 0.1) is 11.8 Å². The van der Waals surface area contributed by atoms with E-state index in [1.807, 2.05) is 24.3 Å². The van der Waals surface area contributed by atoms with Crippen molar-refractivity contribution in [2.24, 2.45) is 11.8 Å². The molecule has 0 bridgehead atoms. The lowest BCUT2D eigenvalue weighted by Crippen LogP contribution is -2.36. The summed E-state index contributed by atoms with van der Waals surface area (Å²) in [6.07, 6.45) is -0.535. The third kappa shape index (κ3) is 5.56. The Morgan fingerprint density at radius 3 is 2.29 bits per heavy atom. The predicted octanol–water partition coefficient (Wildman–Crippen LogP) is 3.16. The minimum absolute atomic E-state index is 0.00156. The average molecular weight is 467 g/mol. The molecule has 3 atom stereocenters. The number of aliphatic carboxylic acids is 1. The zero-order valence-electron chi connectivity index (χ0n) is 19.2. The molecule has 8 heteroatoms. The van der Waals surface area contributed by atoms with Crippen molar-refractivity contribution in [3.8, 4) is 11.1 Å². The molecule has 3 N–H and O–H groups in total. The van der Waals surface area contributed by atoms with Crippen molar-refractivity contribution in [2.75, 3.05) is 26.3 Å². The molecule has 0 saturated heterocycles. The Kier molecular flexibility index (Phi) is 7.47. The molecule has 1 fully saturated rings. The Bertz CT molecular complexity index is 1010. The van der Waals surface area contributed by atoms with Crippen LogP contribution in [0.4, 0.5) is 4.79 Å². The fourth-order valence-corrected chi connectivity index (χ4v) is 4.62. The van der Waals surface area contributed by atoms with Crippen molar-refractivity contribution in [2.45, 2.75) is 31.8 Å². The van der Waals surface area contributed by atoms with Crippen molar-refractivity contribution in [3.63, 3.8) is 0 Å². The fourth-order valence-electron chi connectivity index (χ4n) is 4.62. The van der Waals surface area contributed by atoms with E-state index in [4.69, 9.17) is 14.6 Å². The van der Waals surface area contributed by atoms with E-state index >= 15 is 0 Å². The highest BCUT2D eigenvalue weighted by atomic mass is 16.5.